The van der Waals surface area contributed by atoms with Gasteiger partial charge in [-0.25, -0.2) is 4.39 Å². The highest BCUT2D eigenvalue weighted by molar-refractivity contribution is 6.30. The SMILES string of the molecule is NCC(NCC(C1CC1)C1CC1)c1ccc(Cl)cc1F. The first-order valence-corrected chi connectivity index (χ1v) is 7.95. The third kappa shape index (κ3) is 3.33. The maximum Gasteiger partial charge on any atom is 0.129 e. The summed E-state index contributed by atoms with van der Waals surface area (Å²) in [5, 5.41) is 3.91. The molecule has 20 heavy (non-hydrogen) atoms. The van der Waals surface area contributed by atoms with E-state index in [1.165, 1.54) is 31.7 Å². The fourth-order valence-electron chi connectivity index (χ4n) is 3.15. The van der Waals surface area contributed by atoms with E-state index in [4.69, 9.17) is 17.3 Å². The van der Waals surface area contributed by atoms with Crippen LogP contribution in [0.2, 0.25) is 5.02 Å². The second-order valence-electron chi connectivity index (χ2n) is 6.20. The molecule has 0 aliphatic heterocycles. The van der Waals surface area contributed by atoms with Crippen molar-refractivity contribution >= 4 is 11.6 Å². The Bertz CT molecular complexity index is 460. The van der Waals surface area contributed by atoms with Crippen LogP contribution >= 0.6 is 11.6 Å². The van der Waals surface area contributed by atoms with Gasteiger partial charge in [-0.05, 0) is 62.1 Å². The van der Waals surface area contributed by atoms with Crippen LogP contribution < -0.4 is 11.1 Å². The second kappa shape index (κ2) is 6.00. The number of nitrogens with one attached hydrogen (secondary N) is 1. The molecule has 0 heterocycles. The Labute approximate surface area is 124 Å². The maximum absolute atomic E-state index is 14.0. The Morgan fingerprint density at radius 3 is 2.40 bits per heavy atom. The Balaban J connectivity index is 1.63. The maximum atomic E-state index is 14.0. The lowest BCUT2D eigenvalue weighted by Crippen LogP contribution is -2.34. The minimum absolute atomic E-state index is 0.118. The van der Waals surface area contributed by atoms with Crippen molar-refractivity contribution in [1.29, 1.82) is 0 Å². The lowest BCUT2D eigenvalue weighted by molar-refractivity contribution is 0.354. The van der Waals surface area contributed by atoms with Gasteiger partial charge >= 0.3 is 0 Å². The van der Waals surface area contributed by atoms with Gasteiger partial charge in [-0.1, -0.05) is 17.7 Å². The van der Waals surface area contributed by atoms with Crippen molar-refractivity contribution in [1.82, 2.24) is 5.32 Å². The molecule has 0 aromatic heterocycles. The first kappa shape index (κ1) is 14.3. The first-order chi connectivity index (χ1) is 9.69. The molecule has 1 unspecified atom stereocenters. The average Bonchev–Trinajstić information content (AvgIpc) is 3.28. The number of hydrogen-bond acceptors (Lipinski definition) is 2. The summed E-state index contributed by atoms with van der Waals surface area (Å²) >= 11 is 5.80. The molecule has 0 bridgehead atoms. The molecular weight excluding hydrogens is 275 g/mol. The Hall–Kier alpha value is -0.640. The molecule has 0 amide bonds. The molecule has 1 aromatic rings. The van der Waals surface area contributed by atoms with Gasteiger partial charge in [-0.3, -0.25) is 0 Å². The van der Waals surface area contributed by atoms with Crippen molar-refractivity contribution in [3.63, 3.8) is 0 Å². The third-order valence-electron chi connectivity index (χ3n) is 4.63. The third-order valence-corrected chi connectivity index (χ3v) is 4.86. The van der Waals surface area contributed by atoms with Gasteiger partial charge in [0.2, 0.25) is 0 Å². The molecule has 3 N–H and O–H groups in total. The zero-order valence-electron chi connectivity index (χ0n) is 11.6. The number of rotatable bonds is 7. The molecule has 2 fully saturated rings. The van der Waals surface area contributed by atoms with Crippen LogP contribution in [0.5, 0.6) is 0 Å². The minimum Gasteiger partial charge on any atom is -0.329 e. The van der Waals surface area contributed by atoms with Gasteiger partial charge in [-0.2, -0.15) is 0 Å². The topological polar surface area (TPSA) is 38.0 Å². The lowest BCUT2D eigenvalue weighted by atomic mass is 9.96. The number of nitrogens with two attached hydrogens (primary N) is 1. The van der Waals surface area contributed by atoms with Crippen molar-refractivity contribution < 1.29 is 4.39 Å². The molecule has 1 aromatic carbocycles. The summed E-state index contributed by atoms with van der Waals surface area (Å²) < 4.78 is 14.0. The zero-order chi connectivity index (χ0) is 14.1. The fourth-order valence-corrected chi connectivity index (χ4v) is 3.31. The summed E-state index contributed by atoms with van der Waals surface area (Å²) in [5.74, 6) is 2.28. The largest absolute Gasteiger partial charge is 0.329 e. The molecule has 110 valence electrons. The highest BCUT2D eigenvalue weighted by atomic mass is 35.5. The van der Waals surface area contributed by atoms with Gasteiger partial charge in [-0.15, -0.1) is 0 Å². The molecule has 1 atom stereocenters. The van der Waals surface area contributed by atoms with Crippen molar-refractivity contribution in [2.45, 2.75) is 31.7 Å². The van der Waals surface area contributed by atoms with Crippen LogP contribution in [0.25, 0.3) is 0 Å². The van der Waals surface area contributed by atoms with E-state index in [2.05, 4.69) is 5.32 Å². The highest BCUT2D eigenvalue weighted by Gasteiger charge is 2.41. The van der Waals surface area contributed by atoms with Gasteiger partial charge in [0, 0.05) is 23.2 Å². The van der Waals surface area contributed by atoms with Gasteiger partial charge in [0.25, 0.3) is 0 Å². The zero-order valence-corrected chi connectivity index (χ0v) is 12.4. The van der Waals surface area contributed by atoms with E-state index < -0.39 is 0 Å². The summed E-state index contributed by atoms with van der Waals surface area (Å²) in [6.45, 7) is 1.36. The molecule has 4 heteroatoms. The van der Waals surface area contributed by atoms with E-state index in [0.29, 0.717) is 17.1 Å². The summed E-state index contributed by atoms with van der Waals surface area (Å²) in [6.07, 6.45) is 5.47. The Morgan fingerprint density at radius 2 is 1.90 bits per heavy atom. The van der Waals surface area contributed by atoms with E-state index in [1.807, 2.05) is 0 Å². The Kier molecular flexibility index (Phi) is 4.29. The second-order valence-corrected chi connectivity index (χ2v) is 6.64. The van der Waals surface area contributed by atoms with Gasteiger partial charge in [0.05, 0.1) is 0 Å². The molecule has 2 aliphatic carbocycles. The van der Waals surface area contributed by atoms with Crippen LogP contribution in [0.1, 0.15) is 37.3 Å². The molecule has 2 nitrogen and oxygen atoms in total. The fraction of sp³-hybridized carbons (Fsp3) is 0.625. The standard InChI is InChI=1S/C16H22ClFN2/c17-12-5-6-13(15(18)7-12)16(8-19)20-9-14(10-1-2-10)11-3-4-11/h5-7,10-11,14,16,20H,1-4,8-9,19H2. The predicted molar refractivity (Wildman–Crippen MR) is 80.1 cm³/mol. The molecule has 3 rings (SSSR count). The number of hydrogen-bond donors (Lipinski definition) is 2. The van der Waals surface area contributed by atoms with Crippen molar-refractivity contribution in [2.24, 2.45) is 23.5 Å². The predicted octanol–water partition coefficient (Wildman–Crippen LogP) is 3.50. The van der Waals surface area contributed by atoms with Crippen molar-refractivity contribution in [3.05, 3.63) is 34.6 Å². The summed E-state index contributed by atoms with van der Waals surface area (Å²) in [7, 11) is 0. The van der Waals surface area contributed by atoms with Gasteiger partial charge < -0.3 is 11.1 Å². The number of benzene rings is 1. The molecular formula is C16H22ClFN2. The quantitative estimate of drug-likeness (QED) is 0.808. The number of halogens is 2. The summed E-state index contributed by atoms with van der Waals surface area (Å²) in [5.41, 5.74) is 6.45. The average molecular weight is 297 g/mol. The van der Waals surface area contributed by atoms with E-state index in [1.54, 1.807) is 12.1 Å². The molecule has 2 saturated carbocycles. The Morgan fingerprint density at radius 1 is 1.25 bits per heavy atom. The van der Waals surface area contributed by atoms with Crippen LogP contribution in [0.15, 0.2) is 18.2 Å². The van der Waals surface area contributed by atoms with Gasteiger partial charge in [0.15, 0.2) is 0 Å². The summed E-state index contributed by atoms with van der Waals surface area (Å²) in [6, 6.07) is 4.71. The van der Waals surface area contributed by atoms with Crippen molar-refractivity contribution in [3.8, 4) is 0 Å². The first-order valence-electron chi connectivity index (χ1n) is 7.57. The van der Waals surface area contributed by atoms with Crippen molar-refractivity contribution in [2.75, 3.05) is 13.1 Å². The smallest absolute Gasteiger partial charge is 0.129 e. The monoisotopic (exact) mass is 296 g/mol. The molecule has 0 spiro atoms. The summed E-state index contributed by atoms with van der Waals surface area (Å²) in [4.78, 5) is 0. The lowest BCUT2D eigenvalue weighted by Gasteiger charge is -2.23. The normalized spacial score (nSPS) is 20.4. The van der Waals surface area contributed by atoms with Crippen LogP contribution in [-0.4, -0.2) is 13.1 Å². The minimum atomic E-state index is -0.269. The molecule has 2 aliphatic rings. The molecule has 0 saturated heterocycles. The van der Waals surface area contributed by atoms with Crippen LogP contribution in [0.3, 0.4) is 0 Å². The van der Waals surface area contributed by atoms with Crippen LogP contribution in [0, 0.1) is 23.6 Å². The van der Waals surface area contributed by atoms with Crippen LogP contribution in [-0.2, 0) is 0 Å². The highest BCUT2D eigenvalue weighted by Crippen LogP contribution is 2.49. The molecule has 0 radical (unpaired) electrons. The van der Waals surface area contributed by atoms with Gasteiger partial charge in [0.1, 0.15) is 5.82 Å². The van der Waals surface area contributed by atoms with E-state index in [-0.39, 0.29) is 11.9 Å². The van der Waals surface area contributed by atoms with E-state index in [9.17, 15) is 4.39 Å². The van der Waals surface area contributed by atoms with E-state index in [0.717, 1.165) is 24.3 Å². The van der Waals surface area contributed by atoms with Crippen LogP contribution in [0.4, 0.5) is 4.39 Å². The van der Waals surface area contributed by atoms with E-state index >= 15 is 0 Å².